The molecule has 0 saturated heterocycles. The Kier molecular flexibility index (Phi) is 13.3. The lowest BCUT2D eigenvalue weighted by molar-refractivity contribution is -0.132. The molecule has 0 aliphatic heterocycles. The number of ether oxygens (including phenoxy) is 3. The van der Waals surface area contributed by atoms with E-state index in [2.05, 4.69) is 20.8 Å². The minimum atomic E-state index is -0.525. The number of rotatable bonds is 18. The number of carbonyl (C=O) groups is 1. The van der Waals surface area contributed by atoms with Gasteiger partial charge in [0.25, 0.3) is 5.56 Å². The van der Waals surface area contributed by atoms with Crippen molar-refractivity contribution in [3.63, 3.8) is 0 Å². The maximum absolute atomic E-state index is 13.6. The fourth-order valence-electron chi connectivity index (χ4n) is 4.15. The van der Waals surface area contributed by atoms with Gasteiger partial charge in [-0.3, -0.25) is 9.59 Å². The van der Waals surface area contributed by atoms with Gasteiger partial charge in [0.05, 0.1) is 18.7 Å². The molecule has 0 N–H and O–H groups in total. The highest BCUT2D eigenvalue weighted by atomic mass is 16.6. The Balaban J connectivity index is 2.44. The van der Waals surface area contributed by atoms with Crippen molar-refractivity contribution in [2.24, 2.45) is 0 Å². The van der Waals surface area contributed by atoms with Crippen LogP contribution < -0.4 is 19.8 Å². The topological polar surface area (TPSA) is 66.8 Å². The lowest BCUT2D eigenvalue weighted by atomic mass is 10.1. The van der Waals surface area contributed by atoms with Crippen LogP contribution in [0.2, 0.25) is 0 Å². The minimum Gasteiger partial charge on any atom is -0.494 e. The van der Waals surface area contributed by atoms with Crippen LogP contribution in [0.25, 0.3) is 10.9 Å². The van der Waals surface area contributed by atoms with E-state index in [1.165, 1.54) is 26.2 Å². The predicted octanol–water partition coefficient (Wildman–Crippen LogP) is 7.43. The van der Waals surface area contributed by atoms with Gasteiger partial charge in [0, 0.05) is 24.9 Å². The van der Waals surface area contributed by atoms with Gasteiger partial charge in [0.15, 0.2) is 5.75 Å². The van der Waals surface area contributed by atoms with Crippen LogP contribution in [0, 0.1) is 0 Å². The van der Waals surface area contributed by atoms with Crippen LogP contribution in [0.3, 0.4) is 0 Å². The zero-order chi connectivity index (χ0) is 25.5. The van der Waals surface area contributed by atoms with Gasteiger partial charge in [0.2, 0.25) is 5.75 Å². The van der Waals surface area contributed by atoms with Crippen molar-refractivity contribution in [3.05, 3.63) is 28.6 Å². The number of carbonyl (C=O) groups excluding carboxylic acids is 1. The molecule has 0 aliphatic rings. The molecule has 0 aliphatic carbocycles. The first-order chi connectivity index (χ1) is 17.0. The van der Waals surface area contributed by atoms with Gasteiger partial charge in [-0.2, -0.15) is 0 Å². The predicted molar refractivity (Wildman–Crippen MR) is 143 cm³/mol. The molecule has 0 fully saturated rings. The van der Waals surface area contributed by atoms with Crippen molar-refractivity contribution < 1.29 is 19.0 Å². The largest absolute Gasteiger partial charge is 0.494 e. The van der Waals surface area contributed by atoms with Crippen molar-refractivity contribution in [2.45, 2.75) is 111 Å². The van der Waals surface area contributed by atoms with Crippen molar-refractivity contribution in [1.82, 2.24) is 4.57 Å². The van der Waals surface area contributed by atoms with Crippen molar-refractivity contribution in [1.29, 1.82) is 0 Å². The second-order valence-corrected chi connectivity index (χ2v) is 9.27. The molecule has 35 heavy (non-hydrogen) atoms. The van der Waals surface area contributed by atoms with E-state index in [9.17, 15) is 9.59 Å². The Morgan fingerprint density at radius 2 is 1.40 bits per heavy atom. The summed E-state index contributed by atoms with van der Waals surface area (Å²) in [4.78, 5) is 25.5. The number of aryl methyl sites for hydroxylation is 1. The van der Waals surface area contributed by atoms with E-state index < -0.39 is 5.97 Å². The molecule has 6 nitrogen and oxygen atoms in total. The monoisotopic (exact) mass is 487 g/mol. The first-order valence-electron chi connectivity index (χ1n) is 13.7. The van der Waals surface area contributed by atoms with Gasteiger partial charge < -0.3 is 18.8 Å². The zero-order valence-electron chi connectivity index (χ0n) is 22.3. The summed E-state index contributed by atoms with van der Waals surface area (Å²) < 4.78 is 19.2. The first-order valence-corrected chi connectivity index (χ1v) is 13.7. The van der Waals surface area contributed by atoms with Crippen molar-refractivity contribution >= 4 is 16.9 Å². The number of hydrogen-bond acceptors (Lipinski definition) is 5. The number of nitrogens with zero attached hydrogens (tertiary/aromatic N) is 1. The SMILES string of the molecule is CCCCCCCCn1c(=O)c(OC(C)=O)c(OCCCCCC)c2ccc(OCCCC)cc21. The molecule has 0 saturated carbocycles. The summed E-state index contributed by atoms with van der Waals surface area (Å²) in [6.07, 6.45) is 13.0. The van der Waals surface area contributed by atoms with Gasteiger partial charge in [-0.05, 0) is 31.4 Å². The Morgan fingerprint density at radius 1 is 0.771 bits per heavy atom. The molecule has 196 valence electrons. The van der Waals surface area contributed by atoms with Gasteiger partial charge in [-0.1, -0.05) is 78.6 Å². The van der Waals surface area contributed by atoms with Gasteiger partial charge >= 0.3 is 5.97 Å². The molecule has 1 heterocycles. The number of unbranched alkanes of at least 4 members (excludes halogenated alkanes) is 9. The standard InChI is InChI=1S/C29H45NO5/c1-5-8-11-13-14-15-19-30-26-22-24(33-20-10-7-3)17-18-25(26)27(34-21-16-12-9-6-2)28(29(30)32)35-23(4)31/h17-18,22H,5-16,19-21H2,1-4H3. The average molecular weight is 488 g/mol. The average Bonchev–Trinajstić information content (AvgIpc) is 2.84. The number of hydrogen-bond donors (Lipinski definition) is 0. The molecule has 2 rings (SSSR count). The lowest BCUT2D eigenvalue weighted by Gasteiger charge is -2.19. The molecule has 2 aromatic rings. The highest BCUT2D eigenvalue weighted by molar-refractivity contribution is 5.90. The molecule has 0 radical (unpaired) electrons. The second kappa shape index (κ2) is 16.2. The molecule has 1 aromatic heterocycles. The zero-order valence-corrected chi connectivity index (χ0v) is 22.3. The van der Waals surface area contributed by atoms with Gasteiger partial charge in [-0.25, -0.2) is 0 Å². The first kappa shape index (κ1) is 28.7. The number of esters is 1. The maximum Gasteiger partial charge on any atom is 0.308 e. The molecule has 0 unspecified atom stereocenters. The Hall–Kier alpha value is -2.50. The fourth-order valence-corrected chi connectivity index (χ4v) is 4.15. The number of aromatic nitrogens is 1. The summed E-state index contributed by atoms with van der Waals surface area (Å²) in [5, 5.41) is 0.769. The quantitative estimate of drug-likeness (QED) is 0.162. The van der Waals surface area contributed by atoms with Crippen molar-refractivity contribution in [2.75, 3.05) is 13.2 Å². The summed E-state index contributed by atoms with van der Waals surface area (Å²) in [5.41, 5.74) is 0.438. The Labute approximate surface area is 211 Å². The molecular weight excluding hydrogens is 442 g/mol. The molecule has 6 heteroatoms. The van der Waals surface area contributed by atoms with Crippen molar-refractivity contribution in [3.8, 4) is 17.2 Å². The third-order valence-electron chi connectivity index (χ3n) is 6.14. The van der Waals surface area contributed by atoms with E-state index in [1.54, 1.807) is 4.57 Å². The molecule has 1 aromatic carbocycles. The molecular formula is C29H45NO5. The van der Waals surface area contributed by atoms with Gasteiger partial charge in [0.1, 0.15) is 5.75 Å². The normalized spacial score (nSPS) is 11.1. The van der Waals surface area contributed by atoms with Crippen LogP contribution in [-0.2, 0) is 11.3 Å². The Morgan fingerprint density at radius 3 is 2.09 bits per heavy atom. The smallest absolute Gasteiger partial charge is 0.308 e. The summed E-state index contributed by atoms with van der Waals surface area (Å²) in [7, 11) is 0. The van der Waals surface area contributed by atoms with Gasteiger partial charge in [-0.15, -0.1) is 0 Å². The minimum absolute atomic E-state index is 0.00822. The van der Waals surface area contributed by atoms with E-state index in [1.807, 2.05) is 18.2 Å². The van der Waals surface area contributed by atoms with Crippen LogP contribution in [0.5, 0.6) is 17.2 Å². The molecule has 0 atom stereocenters. The highest BCUT2D eigenvalue weighted by Crippen LogP contribution is 2.35. The molecule has 0 amide bonds. The third kappa shape index (κ3) is 9.23. The van der Waals surface area contributed by atoms with Crippen LogP contribution in [0.15, 0.2) is 23.0 Å². The van der Waals surface area contributed by atoms with E-state index in [-0.39, 0.29) is 11.3 Å². The molecule has 0 bridgehead atoms. The summed E-state index contributed by atoms with van der Waals surface area (Å²) >= 11 is 0. The van der Waals surface area contributed by atoms with Crippen LogP contribution in [0.1, 0.15) is 105 Å². The lowest BCUT2D eigenvalue weighted by Crippen LogP contribution is -2.25. The van der Waals surface area contributed by atoms with E-state index in [4.69, 9.17) is 14.2 Å². The summed E-state index contributed by atoms with van der Waals surface area (Å²) in [6, 6.07) is 5.74. The fraction of sp³-hybridized carbons (Fsp3) is 0.655. The third-order valence-corrected chi connectivity index (χ3v) is 6.14. The maximum atomic E-state index is 13.6. The number of benzene rings is 1. The van der Waals surface area contributed by atoms with E-state index in [0.29, 0.717) is 25.5 Å². The Bertz CT molecular complexity index is 966. The van der Waals surface area contributed by atoms with Crippen LogP contribution in [-0.4, -0.2) is 23.8 Å². The summed E-state index contributed by atoms with van der Waals surface area (Å²) in [5.74, 6) is 0.557. The highest BCUT2D eigenvalue weighted by Gasteiger charge is 2.21. The van der Waals surface area contributed by atoms with E-state index in [0.717, 1.165) is 74.4 Å². The second-order valence-electron chi connectivity index (χ2n) is 9.27. The number of pyridine rings is 1. The number of fused-ring (bicyclic) bond motifs is 1. The van der Waals surface area contributed by atoms with Crippen LogP contribution >= 0.6 is 0 Å². The van der Waals surface area contributed by atoms with Crippen LogP contribution in [0.4, 0.5) is 0 Å². The summed E-state index contributed by atoms with van der Waals surface area (Å²) in [6.45, 7) is 9.48. The molecule has 0 spiro atoms. The van der Waals surface area contributed by atoms with E-state index >= 15 is 0 Å².